The van der Waals surface area contributed by atoms with Gasteiger partial charge in [0.1, 0.15) is 5.75 Å². The number of carboxylic acid groups (broad SMARTS) is 1. The number of alkyl halides is 3. The van der Waals surface area contributed by atoms with Gasteiger partial charge in [0.2, 0.25) is 0 Å². The molecule has 0 radical (unpaired) electrons. The third kappa shape index (κ3) is 7.89. The van der Waals surface area contributed by atoms with Crippen molar-refractivity contribution in [2.45, 2.75) is 49.3 Å². The standard InChI is InChI=1S/C30H35F3N2O4S/c1-39-22-8-9-26-24(18-22)23(11-13-34-26)27(36)10-7-20-12-15-35(19-21(20)17-29(37)38)14-4-16-40-28-6-3-2-5-25(28)30(31,32)33/h2-3,5-6,8-9,11,13,18,20-21,27,36H,4,7,10,12,14-17,19H2,1H3,(H,37,38)/t20-,21+,27+/m1/s1. The number of benzene rings is 2. The molecular weight excluding hydrogens is 541 g/mol. The number of aliphatic hydroxyl groups is 1. The molecule has 6 nitrogen and oxygen atoms in total. The predicted molar refractivity (Wildman–Crippen MR) is 150 cm³/mol. The van der Waals surface area contributed by atoms with E-state index < -0.39 is 23.8 Å². The molecule has 216 valence electrons. The first-order valence-corrected chi connectivity index (χ1v) is 14.5. The van der Waals surface area contributed by atoms with Gasteiger partial charge in [-0.1, -0.05) is 12.1 Å². The largest absolute Gasteiger partial charge is 0.497 e. The van der Waals surface area contributed by atoms with Gasteiger partial charge in [0.25, 0.3) is 0 Å². The van der Waals surface area contributed by atoms with Crippen LogP contribution in [0.3, 0.4) is 0 Å². The summed E-state index contributed by atoms with van der Waals surface area (Å²) >= 11 is 1.21. The van der Waals surface area contributed by atoms with Gasteiger partial charge in [-0.3, -0.25) is 9.78 Å². The summed E-state index contributed by atoms with van der Waals surface area (Å²) in [6.45, 7) is 2.14. The Morgan fingerprint density at radius 2 is 2.00 bits per heavy atom. The highest BCUT2D eigenvalue weighted by molar-refractivity contribution is 7.99. The number of thioether (sulfide) groups is 1. The molecule has 10 heteroatoms. The first kappa shape index (κ1) is 30.1. The number of rotatable bonds is 12. The minimum absolute atomic E-state index is 0.0497. The second-order valence-electron chi connectivity index (χ2n) is 10.3. The van der Waals surface area contributed by atoms with E-state index in [0.717, 1.165) is 35.5 Å². The Balaban J connectivity index is 1.31. The number of halogens is 3. The molecule has 2 aromatic carbocycles. The summed E-state index contributed by atoms with van der Waals surface area (Å²) in [5, 5.41) is 21.4. The van der Waals surface area contributed by atoms with Crippen molar-refractivity contribution in [2.75, 3.05) is 32.5 Å². The van der Waals surface area contributed by atoms with Crippen molar-refractivity contribution in [1.29, 1.82) is 0 Å². The van der Waals surface area contributed by atoms with Gasteiger partial charge in [0, 0.05) is 29.4 Å². The van der Waals surface area contributed by atoms with E-state index in [1.54, 1.807) is 19.4 Å². The van der Waals surface area contributed by atoms with Gasteiger partial charge >= 0.3 is 12.1 Å². The van der Waals surface area contributed by atoms with E-state index in [0.29, 0.717) is 43.9 Å². The number of aliphatic hydroxyl groups excluding tert-OH is 1. The van der Waals surface area contributed by atoms with E-state index in [2.05, 4.69) is 9.88 Å². The van der Waals surface area contributed by atoms with Crippen LogP contribution in [0.2, 0.25) is 0 Å². The van der Waals surface area contributed by atoms with Crippen LogP contribution < -0.4 is 4.74 Å². The summed E-state index contributed by atoms with van der Waals surface area (Å²) in [5.74, 6) is 0.506. The fourth-order valence-corrected chi connectivity index (χ4v) is 6.59. The zero-order chi connectivity index (χ0) is 28.7. The number of pyridine rings is 1. The van der Waals surface area contributed by atoms with Crippen LogP contribution >= 0.6 is 11.8 Å². The zero-order valence-corrected chi connectivity index (χ0v) is 23.3. The summed E-state index contributed by atoms with van der Waals surface area (Å²) in [4.78, 5) is 18.5. The lowest BCUT2D eigenvalue weighted by atomic mass is 9.79. The van der Waals surface area contributed by atoms with Gasteiger partial charge in [-0.05, 0) is 98.3 Å². The van der Waals surface area contributed by atoms with E-state index in [9.17, 15) is 28.2 Å². The Bertz CT molecular complexity index is 1290. The van der Waals surface area contributed by atoms with E-state index in [-0.39, 0.29) is 23.2 Å². The second-order valence-corrected chi connectivity index (χ2v) is 11.4. The van der Waals surface area contributed by atoms with Gasteiger partial charge in [-0.25, -0.2) is 0 Å². The molecule has 4 rings (SSSR count). The molecule has 1 aliphatic heterocycles. The summed E-state index contributed by atoms with van der Waals surface area (Å²) in [7, 11) is 1.59. The van der Waals surface area contributed by atoms with Crippen molar-refractivity contribution < 1.29 is 32.9 Å². The average molecular weight is 577 g/mol. The number of aromatic nitrogens is 1. The summed E-state index contributed by atoms with van der Waals surface area (Å²) in [6, 6.07) is 13.0. The smallest absolute Gasteiger partial charge is 0.417 e. The molecule has 0 bridgehead atoms. The molecule has 40 heavy (non-hydrogen) atoms. The molecule has 1 aliphatic rings. The quantitative estimate of drug-likeness (QED) is 0.184. The summed E-state index contributed by atoms with van der Waals surface area (Å²) in [5.41, 5.74) is 0.943. The van der Waals surface area contributed by atoms with E-state index >= 15 is 0 Å². The number of hydrogen-bond donors (Lipinski definition) is 2. The van der Waals surface area contributed by atoms with Crippen molar-refractivity contribution in [2.24, 2.45) is 11.8 Å². The van der Waals surface area contributed by atoms with Gasteiger partial charge < -0.3 is 19.8 Å². The van der Waals surface area contributed by atoms with Crippen molar-refractivity contribution in [3.8, 4) is 5.75 Å². The Kier molecular flexibility index (Phi) is 10.3. The lowest BCUT2D eigenvalue weighted by molar-refractivity contribution is -0.140. The van der Waals surface area contributed by atoms with Crippen molar-refractivity contribution in [1.82, 2.24) is 9.88 Å². The van der Waals surface area contributed by atoms with E-state index in [1.165, 1.54) is 23.9 Å². The Morgan fingerprint density at radius 3 is 2.75 bits per heavy atom. The second kappa shape index (κ2) is 13.7. The van der Waals surface area contributed by atoms with E-state index in [4.69, 9.17) is 4.74 Å². The third-order valence-corrected chi connectivity index (χ3v) is 8.79. The Morgan fingerprint density at radius 1 is 1.20 bits per heavy atom. The molecule has 2 heterocycles. The molecule has 3 atom stereocenters. The Hall–Kier alpha value is -2.82. The lowest BCUT2D eigenvalue weighted by Gasteiger charge is -2.38. The fraction of sp³-hybridized carbons (Fsp3) is 0.467. The van der Waals surface area contributed by atoms with Crippen molar-refractivity contribution in [3.63, 3.8) is 0 Å². The van der Waals surface area contributed by atoms with Crippen molar-refractivity contribution >= 4 is 28.6 Å². The SMILES string of the molecule is COc1ccc2nccc([C@@H](O)CC[C@@H]3CCN(CCCSc4ccccc4C(F)(F)F)C[C@@H]3CC(=O)O)c2c1. The number of carboxylic acids is 1. The van der Waals surface area contributed by atoms with Crippen LogP contribution in [-0.4, -0.2) is 58.6 Å². The maximum Gasteiger partial charge on any atom is 0.417 e. The van der Waals surface area contributed by atoms with Gasteiger partial charge in [-0.2, -0.15) is 13.2 Å². The molecule has 0 spiro atoms. The monoisotopic (exact) mass is 576 g/mol. The minimum Gasteiger partial charge on any atom is -0.497 e. The average Bonchev–Trinajstić information content (AvgIpc) is 2.93. The fourth-order valence-electron chi connectivity index (χ4n) is 5.58. The molecule has 0 saturated carbocycles. The maximum atomic E-state index is 13.2. The molecule has 1 saturated heterocycles. The van der Waals surface area contributed by atoms with Crippen LogP contribution in [0.25, 0.3) is 10.9 Å². The summed E-state index contributed by atoms with van der Waals surface area (Å²) in [6.07, 6.45) is -0.618. The van der Waals surface area contributed by atoms with Crippen LogP contribution in [-0.2, 0) is 11.0 Å². The zero-order valence-electron chi connectivity index (χ0n) is 22.4. The first-order chi connectivity index (χ1) is 19.2. The number of methoxy groups -OCH3 is 1. The van der Waals surface area contributed by atoms with Crippen LogP contribution in [0.1, 0.15) is 49.3 Å². The first-order valence-electron chi connectivity index (χ1n) is 13.5. The normalized spacial score (nSPS) is 19.0. The number of fused-ring (bicyclic) bond motifs is 1. The lowest BCUT2D eigenvalue weighted by Crippen LogP contribution is -2.42. The highest BCUT2D eigenvalue weighted by atomic mass is 32.2. The number of nitrogens with zero attached hydrogens (tertiary/aromatic N) is 2. The minimum atomic E-state index is -4.37. The van der Waals surface area contributed by atoms with Crippen LogP contribution in [0.15, 0.2) is 59.6 Å². The predicted octanol–water partition coefficient (Wildman–Crippen LogP) is 6.67. The number of piperidine rings is 1. The Labute approximate surface area is 236 Å². The van der Waals surface area contributed by atoms with Crippen molar-refractivity contribution in [3.05, 3.63) is 65.9 Å². The van der Waals surface area contributed by atoms with Crippen LogP contribution in [0.5, 0.6) is 5.75 Å². The maximum absolute atomic E-state index is 13.2. The topological polar surface area (TPSA) is 82.9 Å². The number of hydrogen-bond acceptors (Lipinski definition) is 6. The molecule has 0 unspecified atom stereocenters. The van der Waals surface area contributed by atoms with Gasteiger partial charge in [0.05, 0.1) is 24.3 Å². The van der Waals surface area contributed by atoms with Gasteiger partial charge in [0.15, 0.2) is 0 Å². The summed E-state index contributed by atoms with van der Waals surface area (Å²) < 4.78 is 45.1. The number of likely N-dealkylation sites (tertiary alicyclic amines) is 1. The molecule has 1 aromatic heterocycles. The van der Waals surface area contributed by atoms with Crippen LogP contribution in [0, 0.1) is 11.8 Å². The third-order valence-electron chi connectivity index (χ3n) is 7.63. The molecule has 1 fully saturated rings. The highest BCUT2D eigenvalue weighted by Gasteiger charge is 2.33. The van der Waals surface area contributed by atoms with Gasteiger partial charge in [-0.15, -0.1) is 11.8 Å². The molecule has 3 aromatic rings. The van der Waals surface area contributed by atoms with E-state index in [1.807, 2.05) is 24.3 Å². The van der Waals surface area contributed by atoms with Crippen LogP contribution in [0.4, 0.5) is 13.2 Å². The highest BCUT2D eigenvalue weighted by Crippen LogP contribution is 2.37. The molecule has 0 amide bonds. The number of aliphatic carboxylic acids is 1. The molecule has 0 aliphatic carbocycles. The number of carbonyl (C=O) groups is 1. The molecular formula is C30H35F3N2O4S. The molecule has 2 N–H and O–H groups in total. The number of ether oxygens (including phenoxy) is 1.